The molecule has 2 aromatic rings. The molecule has 1 aromatic heterocycles. The summed E-state index contributed by atoms with van der Waals surface area (Å²) in [6.07, 6.45) is 0. The van der Waals surface area contributed by atoms with Gasteiger partial charge in [0.25, 0.3) is 5.91 Å². The third-order valence-corrected chi connectivity index (χ3v) is 3.81. The summed E-state index contributed by atoms with van der Waals surface area (Å²) >= 11 is 0. The number of carbonyl (C=O) groups excluding carboxylic acids is 1. The van der Waals surface area contributed by atoms with Crippen molar-refractivity contribution in [2.75, 3.05) is 24.3 Å². The van der Waals surface area contributed by atoms with E-state index in [0.717, 1.165) is 11.6 Å². The van der Waals surface area contributed by atoms with Crippen molar-refractivity contribution in [2.24, 2.45) is 5.41 Å². The number of rotatable bonds is 6. The van der Waals surface area contributed by atoms with Gasteiger partial charge in [0.2, 0.25) is 5.69 Å². The Labute approximate surface area is 164 Å². The van der Waals surface area contributed by atoms with Crippen LogP contribution in [0, 0.1) is 24.7 Å². The second kappa shape index (κ2) is 8.67. The topological polar surface area (TPSA) is 79.6 Å². The lowest BCUT2D eigenvalue weighted by Gasteiger charge is -2.20. The number of nitrogens with zero attached hydrogens (tertiary/aromatic N) is 2. The highest BCUT2D eigenvalue weighted by Crippen LogP contribution is 2.31. The SMILES string of the molecule is [C-]#[N+]c1cc(F)c(Nc2cc(C(=O)NOC)ccc2C)nc1NCC(C)(C)C. The number of halogens is 1. The summed E-state index contributed by atoms with van der Waals surface area (Å²) in [6, 6.07) is 6.09. The monoisotopic (exact) mass is 385 g/mol. The third kappa shape index (κ3) is 5.41. The minimum Gasteiger partial charge on any atom is -0.378 e. The van der Waals surface area contributed by atoms with Gasteiger partial charge in [-0.2, -0.15) is 0 Å². The van der Waals surface area contributed by atoms with Gasteiger partial charge in [0, 0.05) is 17.8 Å². The van der Waals surface area contributed by atoms with Gasteiger partial charge in [-0.3, -0.25) is 9.63 Å². The van der Waals surface area contributed by atoms with E-state index in [1.165, 1.54) is 7.11 Å². The summed E-state index contributed by atoms with van der Waals surface area (Å²) in [4.78, 5) is 24.2. The number of amides is 1. The smallest absolute Gasteiger partial charge is 0.274 e. The summed E-state index contributed by atoms with van der Waals surface area (Å²) in [7, 11) is 1.34. The van der Waals surface area contributed by atoms with Gasteiger partial charge in [0.15, 0.2) is 11.6 Å². The van der Waals surface area contributed by atoms with E-state index in [4.69, 9.17) is 6.57 Å². The predicted octanol–water partition coefficient (Wildman–Crippen LogP) is 4.57. The standard InChI is InChI=1S/C20H24FN5O2/c1-12-7-8-13(19(27)26-28-6)9-15(12)24-17-14(21)10-16(22-5)18(25-17)23-11-20(2,3)4/h7-10H,11H2,1-4,6H3,(H,26,27)(H2,23,24,25). The van der Waals surface area contributed by atoms with E-state index in [1.54, 1.807) is 18.2 Å². The van der Waals surface area contributed by atoms with Gasteiger partial charge in [-0.05, 0) is 36.1 Å². The average Bonchev–Trinajstić information content (AvgIpc) is 2.63. The van der Waals surface area contributed by atoms with Crippen molar-refractivity contribution in [3.05, 3.63) is 52.6 Å². The second-order valence-corrected chi connectivity index (χ2v) is 7.50. The molecule has 0 radical (unpaired) electrons. The molecule has 2 rings (SSSR count). The molecule has 0 bridgehead atoms. The Hall–Kier alpha value is -3.18. The number of nitrogens with one attached hydrogen (secondary N) is 3. The second-order valence-electron chi connectivity index (χ2n) is 7.50. The van der Waals surface area contributed by atoms with Crippen molar-refractivity contribution >= 4 is 28.9 Å². The maximum atomic E-state index is 14.5. The Morgan fingerprint density at radius 3 is 2.61 bits per heavy atom. The van der Waals surface area contributed by atoms with Crippen LogP contribution in [-0.2, 0) is 4.84 Å². The van der Waals surface area contributed by atoms with E-state index in [-0.39, 0.29) is 16.9 Å². The largest absolute Gasteiger partial charge is 0.378 e. The first kappa shape index (κ1) is 21.1. The summed E-state index contributed by atoms with van der Waals surface area (Å²) in [5, 5.41) is 6.02. The van der Waals surface area contributed by atoms with Gasteiger partial charge < -0.3 is 10.6 Å². The zero-order valence-electron chi connectivity index (χ0n) is 16.6. The van der Waals surface area contributed by atoms with Crippen molar-refractivity contribution in [3.63, 3.8) is 0 Å². The molecule has 0 spiro atoms. The molecule has 0 atom stereocenters. The number of hydrogen-bond donors (Lipinski definition) is 3. The highest BCUT2D eigenvalue weighted by Gasteiger charge is 2.16. The number of hydroxylamine groups is 1. The van der Waals surface area contributed by atoms with Crippen LogP contribution in [0.15, 0.2) is 24.3 Å². The number of pyridine rings is 1. The van der Waals surface area contributed by atoms with Gasteiger partial charge in [-0.25, -0.2) is 19.7 Å². The van der Waals surface area contributed by atoms with E-state index in [2.05, 4.69) is 30.8 Å². The van der Waals surface area contributed by atoms with Gasteiger partial charge >= 0.3 is 0 Å². The molecule has 148 valence electrons. The molecule has 28 heavy (non-hydrogen) atoms. The lowest BCUT2D eigenvalue weighted by molar-refractivity contribution is 0.0537. The van der Waals surface area contributed by atoms with Crippen molar-refractivity contribution in [1.29, 1.82) is 0 Å². The van der Waals surface area contributed by atoms with Crippen molar-refractivity contribution < 1.29 is 14.0 Å². The van der Waals surface area contributed by atoms with Crippen molar-refractivity contribution in [2.45, 2.75) is 27.7 Å². The van der Waals surface area contributed by atoms with Crippen molar-refractivity contribution in [3.8, 4) is 0 Å². The minimum absolute atomic E-state index is 0.0313. The zero-order chi connectivity index (χ0) is 20.9. The molecular formula is C20H24FN5O2. The van der Waals surface area contributed by atoms with Gasteiger partial charge in [0.1, 0.15) is 5.82 Å². The maximum Gasteiger partial charge on any atom is 0.274 e. The fraction of sp³-hybridized carbons (Fsp3) is 0.350. The molecular weight excluding hydrogens is 361 g/mol. The molecule has 7 nitrogen and oxygen atoms in total. The highest BCUT2D eigenvalue weighted by molar-refractivity contribution is 5.94. The minimum atomic E-state index is -0.654. The van der Waals surface area contributed by atoms with Gasteiger partial charge in [-0.1, -0.05) is 26.8 Å². The van der Waals surface area contributed by atoms with Crippen LogP contribution < -0.4 is 16.1 Å². The van der Waals surface area contributed by atoms with Crippen LogP contribution in [0.4, 0.5) is 27.4 Å². The molecule has 0 aliphatic rings. The molecule has 3 N–H and O–H groups in total. The number of aromatic nitrogens is 1. The van der Waals surface area contributed by atoms with E-state index < -0.39 is 11.7 Å². The van der Waals surface area contributed by atoms with Crippen LogP contribution in [0.5, 0.6) is 0 Å². The fourth-order valence-corrected chi connectivity index (χ4v) is 2.31. The fourth-order valence-electron chi connectivity index (χ4n) is 2.31. The number of carbonyl (C=O) groups is 1. The van der Waals surface area contributed by atoms with Crippen LogP contribution in [-0.4, -0.2) is 24.5 Å². The summed E-state index contributed by atoms with van der Waals surface area (Å²) in [5.74, 6) is -0.802. The normalized spacial score (nSPS) is 10.9. The Morgan fingerprint density at radius 1 is 1.29 bits per heavy atom. The first-order valence-electron chi connectivity index (χ1n) is 8.67. The van der Waals surface area contributed by atoms with Crippen molar-refractivity contribution in [1.82, 2.24) is 10.5 Å². The molecule has 1 aromatic carbocycles. The predicted molar refractivity (Wildman–Crippen MR) is 107 cm³/mol. The quantitative estimate of drug-likeness (QED) is 0.501. The summed E-state index contributed by atoms with van der Waals surface area (Å²) < 4.78 is 14.5. The Kier molecular flexibility index (Phi) is 6.54. The summed E-state index contributed by atoms with van der Waals surface area (Å²) in [6.45, 7) is 15.8. The molecule has 0 saturated carbocycles. The Bertz CT molecular complexity index is 916. The van der Waals surface area contributed by atoms with Crippen LogP contribution in [0.1, 0.15) is 36.7 Å². The van der Waals surface area contributed by atoms with Crippen LogP contribution >= 0.6 is 0 Å². The lowest BCUT2D eigenvalue weighted by Crippen LogP contribution is -2.21. The summed E-state index contributed by atoms with van der Waals surface area (Å²) in [5.41, 5.74) is 3.98. The Balaban J connectivity index is 2.37. The molecule has 0 fully saturated rings. The number of hydrogen-bond acceptors (Lipinski definition) is 5. The number of aryl methyl sites for hydroxylation is 1. The molecule has 0 unspecified atom stereocenters. The van der Waals surface area contributed by atoms with Crippen LogP contribution in [0.2, 0.25) is 0 Å². The Morgan fingerprint density at radius 2 is 2.00 bits per heavy atom. The third-order valence-electron chi connectivity index (χ3n) is 3.81. The maximum absolute atomic E-state index is 14.5. The van der Waals surface area contributed by atoms with Crippen LogP contribution in [0.25, 0.3) is 4.85 Å². The first-order chi connectivity index (χ1) is 13.1. The molecule has 0 saturated heterocycles. The number of anilines is 3. The molecule has 8 heteroatoms. The number of benzene rings is 1. The molecule has 0 aliphatic heterocycles. The molecule has 1 amide bonds. The first-order valence-corrected chi connectivity index (χ1v) is 8.67. The van der Waals surface area contributed by atoms with E-state index in [0.29, 0.717) is 23.6 Å². The van der Waals surface area contributed by atoms with Crippen LogP contribution in [0.3, 0.4) is 0 Å². The molecule has 1 heterocycles. The van der Waals surface area contributed by atoms with E-state index in [1.807, 2.05) is 27.7 Å². The van der Waals surface area contributed by atoms with Gasteiger partial charge in [-0.15, -0.1) is 0 Å². The van der Waals surface area contributed by atoms with Gasteiger partial charge in [0.05, 0.1) is 13.7 Å². The highest BCUT2D eigenvalue weighted by atomic mass is 19.1. The lowest BCUT2D eigenvalue weighted by atomic mass is 9.97. The average molecular weight is 385 g/mol. The molecule has 0 aliphatic carbocycles. The van der Waals surface area contributed by atoms with E-state index in [9.17, 15) is 9.18 Å². The van der Waals surface area contributed by atoms with E-state index >= 15 is 0 Å². The zero-order valence-corrected chi connectivity index (χ0v) is 16.6.